The van der Waals surface area contributed by atoms with Gasteiger partial charge in [0, 0.05) is 18.7 Å². The fourth-order valence-corrected chi connectivity index (χ4v) is 3.66. The molecular weight excluding hydrogens is 421 g/mol. The highest BCUT2D eigenvalue weighted by atomic mass is 19.4. The largest absolute Gasteiger partial charge is 0.451 e. The molecule has 1 aliphatic rings. The Morgan fingerprint density at radius 3 is 2.69 bits per heavy atom. The molecule has 0 atom stereocenters. The average molecular weight is 438 g/mol. The summed E-state index contributed by atoms with van der Waals surface area (Å²) in [5, 5.41) is 3.86. The molecule has 3 aromatic heterocycles. The summed E-state index contributed by atoms with van der Waals surface area (Å²) in [7, 11) is 1.51. The van der Waals surface area contributed by atoms with Crippen LogP contribution in [0.2, 0.25) is 0 Å². The van der Waals surface area contributed by atoms with Crippen LogP contribution in [0, 0.1) is 6.92 Å². The molecular formula is C23H17F3N4O2. The average Bonchev–Trinajstić information content (AvgIpc) is 2.77. The Morgan fingerprint density at radius 2 is 1.94 bits per heavy atom. The second-order valence-electron chi connectivity index (χ2n) is 7.37. The van der Waals surface area contributed by atoms with Crippen LogP contribution in [0.4, 0.5) is 24.5 Å². The first-order chi connectivity index (χ1) is 15.3. The van der Waals surface area contributed by atoms with Gasteiger partial charge in [0.15, 0.2) is 17.1 Å². The summed E-state index contributed by atoms with van der Waals surface area (Å²) in [6, 6.07) is 10.8. The van der Waals surface area contributed by atoms with Crippen LogP contribution < -0.4 is 10.1 Å². The summed E-state index contributed by atoms with van der Waals surface area (Å²) in [5.74, 6) is 0.384. The van der Waals surface area contributed by atoms with Gasteiger partial charge in [0.05, 0.1) is 34.9 Å². The molecule has 0 bridgehead atoms. The van der Waals surface area contributed by atoms with Gasteiger partial charge >= 0.3 is 6.18 Å². The van der Waals surface area contributed by atoms with Gasteiger partial charge in [0.25, 0.3) is 0 Å². The summed E-state index contributed by atoms with van der Waals surface area (Å²) < 4.78 is 50.6. The van der Waals surface area contributed by atoms with Gasteiger partial charge in [0.1, 0.15) is 5.69 Å². The molecule has 0 spiro atoms. The number of aryl methyl sites for hydroxylation is 1. The number of hydrogen-bond acceptors (Lipinski definition) is 6. The maximum Gasteiger partial charge on any atom is 0.416 e. The van der Waals surface area contributed by atoms with Crippen molar-refractivity contribution >= 4 is 22.4 Å². The molecule has 6 nitrogen and oxygen atoms in total. The SMILES string of the molecule is COCc1nc2nc(-c3ncccc3C)ccc2c2c1Oc1cc(C(F)(F)F)ccc1N2. The van der Waals surface area contributed by atoms with Gasteiger partial charge in [-0.25, -0.2) is 9.97 Å². The number of nitrogens with one attached hydrogen (secondary N) is 1. The Labute approximate surface area is 181 Å². The van der Waals surface area contributed by atoms with E-state index in [4.69, 9.17) is 9.47 Å². The number of methoxy groups -OCH3 is 1. The molecule has 0 amide bonds. The minimum atomic E-state index is -4.47. The molecule has 0 aliphatic carbocycles. The van der Waals surface area contributed by atoms with E-state index >= 15 is 0 Å². The van der Waals surface area contributed by atoms with Gasteiger partial charge in [-0.2, -0.15) is 13.2 Å². The Balaban J connectivity index is 1.66. The minimum Gasteiger partial charge on any atom is -0.451 e. The molecule has 162 valence electrons. The van der Waals surface area contributed by atoms with E-state index in [9.17, 15) is 13.2 Å². The van der Waals surface area contributed by atoms with Gasteiger partial charge in [-0.3, -0.25) is 4.98 Å². The third-order valence-corrected chi connectivity index (χ3v) is 5.19. The lowest BCUT2D eigenvalue weighted by Crippen LogP contribution is -2.11. The summed E-state index contributed by atoms with van der Waals surface area (Å²) in [6.45, 7) is 2.05. The van der Waals surface area contributed by atoms with Gasteiger partial charge in [-0.15, -0.1) is 0 Å². The fraction of sp³-hybridized carbons (Fsp3) is 0.174. The number of aromatic nitrogens is 3. The van der Waals surface area contributed by atoms with Gasteiger partial charge in [0.2, 0.25) is 0 Å². The summed E-state index contributed by atoms with van der Waals surface area (Å²) in [4.78, 5) is 13.7. The van der Waals surface area contributed by atoms with Crippen molar-refractivity contribution in [2.24, 2.45) is 0 Å². The van der Waals surface area contributed by atoms with E-state index in [0.29, 0.717) is 39.5 Å². The maximum absolute atomic E-state index is 13.1. The molecule has 1 aliphatic heterocycles. The number of benzene rings is 1. The van der Waals surface area contributed by atoms with Crippen molar-refractivity contribution in [1.82, 2.24) is 15.0 Å². The molecule has 1 N–H and O–H groups in total. The monoisotopic (exact) mass is 438 g/mol. The number of nitrogens with zero attached hydrogens (tertiary/aromatic N) is 3. The maximum atomic E-state index is 13.1. The van der Waals surface area contributed by atoms with E-state index in [1.807, 2.05) is 31.2 Å². The smallest absolute Gasteiger partial charge is 0.416 e. The van der Waals surface area contributed by atoms with Crippen molar-refractivity contribution in [3.05, 3.63) is 65.5 Å². The number of halogens is 3. The van der Waals surface area contributed by atoms with Gasteiger partial charge in [-0.05, 0) is 48.9 Å². The van der Waals surface area contributed by atoms with Crippen LogP contribution in [0.1, 0.15) is 16.8 Å². The zero-order valence-electron chi connectivity index (χ0n) is 17.1. The lowest BCUT2D eigenvalue weighted by molar-refractivity contribution is -0.137. The second kappa shape index (κ2) is 7.45. The summed E-state index contributed by atoms with van der Waals surface area (Å²) in [5.41, 5.74) is 3.47. The van der Waals surface area contributed by atoms with Crippen LogP contribution >= 0.6 is 0 Å². The molecule has 0 unspecified atom stereocenters. The zero-order valence-corrected chi connectivity index (χ0v) is 17.1. The Bertz CT molecular complexity index is 1360. The molecule has 32 heavy (non-hydrogen) atoms. The second-order valence-corrected chi connectivity index (χ2v) is 7.37. The third kappa shape index (κ3) is 3.40. The van der Waals surface area contributed by atoms with Gasteiger partial charge in [-0.1, -0.05) is 6.07 Å². The van der Waals surface area contributed by atoms with Crippen molar-refractivity contribution in [2.45, 2.75) is 19.7 Å². The van der Waals surface area contributed by atoms with Gasteiger partial charge < -0.3 is 14.8 Å². The predicted molar refractivity (Wildman–Crippen MR) is 113 cm³/mol. The predicted octanol–water partition coefficient (Wildman–Crippen LogP) is 6.01. The summed E-state index contributed by atoms with van der Waals surface area (Å²) in [6.07, 6.45) is -2.77. The normalized spacial score (nSPS) is 12.7. The van der Waals surface area contributed by atoms with E-state index in [0.717, 1.165) is 23.4 Å². The van der Waals surface area contributed by atoms with Crippen molar-refractivity contribution in [3.63, 3.8) is 0 Å². The molecule has 9 heteroatoms. The highest BCUT2D eigenvalue weighted by Crippen LogP contribution is 2.48. The zero-order chi connectivity index (χ0) is 22.5. The van der Waals surface area contributed by atoms with Crippen LogP contribution in [-0.4, -0.2) is 22.1 Å². The number of anilines is 2. The molecule has 0 saturated carbocycles. The first-order valence-corrected chi connectivity index (χ1v) is 9.76. The number of fused-ring (bicyclic) bond motifs is 4. The van der Waals surface area contributed by atoms with Crippen LogP contribution in [0.25, 0.3) is 22.4 Å². The lowest BCUT2D eigenvalue weighted by atomic mass is 10.1. The molecule has 0 fully saturated rings. The number of ether oxygens (including phenoxy) is 2. The third-order valence-electron chi connectivity index (χ3n) is 5.19. The molecule has 0 radical (unpaired) electrons. The number of pyridine rings is 3. The number of hydrogen-bond donors (Lipinski definition) is 1. The molecule has 4 heterocycles. The van der Waals surface area contributed by atoms with Crippen molar-refractivity contribution in [3.8, 4) is 22.9 Å². The molecule has 0 saturated heterocycles. The quantitative estimate of drug-likeness (QED) is 0.372. The lowest BCUT2D eigenvalue weighted by Gasteiger charge is -2.25. The van der Waals surface area contributed by atoms with E-state index in [1.165, 1.54) is 13.2 Å². The Morgan fingerprint density at radius 1 is 1.09 bits per heavy atom. The molecule has 1 aromatic carbocycles. The highest BCUT2D eigenvalue weighted by Gasteiger charge is 2.33. The van der Waals surface area contributed by atoms with E-state index in [2.05, 4.69) is 20.3 Å². The topological polar surface area (TPSA) is 69.2 Å². The van der Waals surface area contributed by atoms with Crippen molar-refractivity contribution in [1.29, 1.82) is 0 Å². The van der Waals surface area contributed by atoms with Crippen LogP contribution in [0.15, 0.2) is 48.7 Å². The Kier molecular flexibility index (Phi) is 4.70. The number of alkyl halides is 3. The van der Waals surface area contributed by atoms with Crippen molar-refractivity contribution in [2.75, 3.05) is 12.4 Å². The summed E-state index contributed by atoms with van der Waals surface area (Å²) >= 11 is 0. The van der Waals surface area contributed by atoms with E-state index in [1.54, 1.807) is 6.20 Å². The highest BCUT2D eigenvalue weighted by molar-refractivity contribution is 5.98. The first kappa shape index (κ1) is 20.2. The van der Waals surface area contributed by atoms with E-state index < -0.39 is 11.7 Å². The fourth-order valence-electron chi connectivity index (χ4n) is 3.66. The molecule has 4 aromatic rings. The van der Waals surface area contributed by atoms with Crippen LogP contribution in [0.5, 0.6) is 11.5 Å². The molecule has 5 rings (SSSR count). The van der Waals surface area contributed by atoms with Crippen molar-refractivity contribution < 1.29 is 22.6 Å². The Hall–Kier alpha value is -3.72. The first-order valence-electron chi connectivity index (χ1n) is 9.76. The minimum absolute atomic E-state index is 0.0690. The standard InChI is InChI=1S/C23H17F3N4O2/c1-12-4-3-9-27-19(12)16-8-6-14-20-21(17(11-31-2)30-22(14)29-16)32-18-10-13(23(24,25)26)5-7-15(18)28-20/h3-10,28H,11H2,1-2H3. The van der Waals surface area contributed by atoms with Crippen LogP contribution in [-0.2, 0) is 17.5 Å². The van der Waals surface area contributed by atoms with Crippen LogP contribution in [0.3, 0.4) is 0 Å². The van der Waals surface area contributed by atoms with E-state index in [-0.39, 0.29) is 12.4 Å². The number of rotatable bonds is 3.